The fourth-order valence-corrected chi connectivity index (χ4v) is 1.81. The standard InChI is InChI=1S/C10H20O4/c1-8-7-14-13-4-2-3-9(8)5-10(12)6-11/h8-12H,2-7H2,1H3. The van der Waals surface area contributed by atoms with Crippen molar-refractivity contribution in [2.24, 2.45) is 11.8 Å². The van der Waals surface area contributed by atoms with Gasteiger partial charge >= 0.3 is 0 Å². The molecular weight excluding hydrogens is 184 g/mol. The van der Waals surface area contributed by atoms with Gasteiger partial charge in [0.05, 0.1) is 25.9 Å². The largest absolute Gasteiger partial charge is 0.394 e. The van der Waals surface area contributed by atoms with E-state index in [1.54, 1.807) is 0 Å². The third-order valence-electron chi connectivity index (χ3n) is 2.81. The highest BCUT2D eigenvalue weighted by atomic mass is 17.2. The lowest BCUT2D eigenvalue weighted by atomic mass is 9.85. The topological polar surface area (TPSA) is 58.9 Å². The Bertz CT molecular complexity index is 151. The van der Waals surface area contributed by atoms with Crippen molar-refractivity contribution in [3.05, 3.63) is 0 Å². The SMILES string of the molecule is CC1COOCCCC1CC(O)CO. The Balaban J connectivity index is 2.37. The van der Waals surface area contributed by atoms with E-state index in [9.17, 15) is 5.11 Å². The Morgan fingerprint density at radius 2 is 2.21 bits per heavy atom. The van der Waals surface area contributed by atoms with Gasteiger partial charge < -0.3 is 10.2 Å². The van der Waals surface area contributed by atoms with Crippen molar-refractivity contribution >= 4 is 0 Å². The van der Waals surface area contributed by atoms with Crippen molar-refractivity contribution in [3.63, 3.8) is 0 Å². The van der Waals surface area contributed by atoms with Crippen molar-refractivity contribution < 1.29 is 20.0 Å². The highest BCUT2D eigenvalue weighted by Crippen LogP contribution is 2.25. The van der Waals surface area contributed by atoms with E-state index in [0.29, 0.717) is 31.5 Å². The second-order valence-electron chi connectivity index (χ2n) is 4.06. The van der Waals surface area contributed by atoms with Gasteiger partial charge in [0.25, 0.3) is 0 Å². The van der Waals surface area contributed by atoms with Gasteiger partial charge in [0, 0.05) is 0 Å². The molecule has 0 aromatic heterocycles. The summed E-state index contributed by atoms with van der Waals surface area (Å²) in [4.78, 5) is 9.90. The summed E-state index contributed by atoms with van der Waals surface area (Å²) >= 11 is 0. The Hall–Kier alpha value is -0.160. The van der Waals surface area contributed by atoms with Gasteiger partial charge in [-0.1, -0.05) is 6.92 Å². The first-order valence-corrected chi connectivity index (χ1v) is 5.27. The number of rotatable bonds is 3. The molecule has 3 unspecified atom stereocenters. The molecule has 4 heteroatoms. The van der Waals surface area contributed by atoms with Gasteiger partial charge in [-0.3, -0.25) is 0 Å². The Morgan fingerprint density at radius 1 is 1.43 bits per heavy atom. The van der Waals surface area contributed by atoms with Crippen molar-refractivity contribution in [1.82, 2.24) is 0 Å². The third-order valence-corrected chi connectivity index (χ3v) is 2.81. The molecule has 0 aromatic carbocycles. The predicted octanol–water partition coefficient (Wildman–Crippen LogP) is 0.724. The monoisotopic (exact) mass is 204 g/mol. The molecule has 1 saturated heterocycles. The van der Waals surface area contributed by atoms with E-state index in [-0.39, 0.29) is 6.61 Å². The molecule has 0 spiro atoms. The normalized spacial score (nSPS) is 31.9. The fourth-order valence-electron chi connectivity index (χ4n) is 1.81. The molecule has 14 heavy (non-hydrogen) atoms. The lowest BCUT2D eigenvalue weighted by Crippen LogP contribution is -2.26. The van der Waals surface area contributed by atoms with E-state index in [1.807, 2.05) is 0 Å². The summed E-state index contributed by atoms with van der Waals surface area (Å²) in [6.45, 7) is 3.13. The minimum absolute atomic E-state index is 0.152. The summed E-state index contributed by atoms with van der Waals surface area (Å²) in [5.41, 5.74) is 0. The lowest BCUT2D eigenvalue weighted by Gasteiger charge is -2.27. The molecule has 4 nitrogen and oxygen atoms in total. The van der Waals surface area contributed by atoms with Crippen LogP contribution in [0.3, 0.4) is 0 Å². The molecule has 0 aromatic rings. The summed E-state index contributed by atoms with van der Waals surface area (Å²) < 4.78 is 0. The minimum Gasteiger partial charge on any atom is -0.394 e. The molecule has 1 aliphatic rings. The van der Waals surface area contributed by atoms with E-state index in [0.717, 1.165) is 12.8 Å². The van der Waals surface area contributed by atoms with E-state index in [2.05, 4.69) is 6.92 Å². The maximum atomic E-state index is 9.37. The average molecular weight is 204 g/mol. The van der Waals surface area contributed by atoms with E-state index in [1.165, 1.54) is 0 Å². The zero-order chi connectivity index (χ0) is 10.4. The van der Waals surface area contributed by atoms with Crippen LogP contribution in [0.5, 0.6) is 0 Å². The van der Waals surface area contributed by atoms with E-state index < -0.39 is 6.10 Å². The molecule has 0 amide bonds. The molecule has 1 rings (SSSR count). The first kappa shape index (κ1) is 11.9. The van der Waals surface area contributed by atoms with Gasteiger partial charge in [0.15, 0.2) is 0 Å². The van der Waals surface area contributed by atoms with Crippen LogP contribution in [-0.4, -0.2) is 36.1 Å². The van der Waals surface area contributed by atoms with Crippen LogP contribution >= 0.6 is 0 Å². The van der Waals surface area contributed by atoms with Crippen LogP contribution in [0.4, 0.5) is 0 Å². The molecule has 3 atom stereocenters. The molecule has 1 aliphatic heterocycles. The molecule has 1 heterocycles. The highest BCUT2D eigenvalue weighted by molar-refractivity contribution is 4.70. The smallest absolute Gasteiger partial charge is 0.0850 e. The molecule has 0 radical (unpaired) electrons. The minimum atomic E-state index is -0.595. The van der Waals surface area contributed by atoms with Crippen molar-refractivity contribution in [2.75, 3.05) is 19.8 Å². The second-order valence-corrected chi connectivity index (χ2v) is 4.06. The van der Waals surface area contributed by atoms with Crippen molar-refractivity contribution in [1.29, 1.82) is 0 Å². The quantitative estimate of drug-likeness (QED) is 0.665. The van der Waals surface area contributed by atoms with Crippen molar-refractivity contribution in [2.45, 2.75) is 32.3 Å². The predicted molar refractivity (Wildman–Crippen MR) is 51.5 cm³/mol. The molecule has 0 saturated carbocycles. The summed E-state index contributed by atoms with van der Waals surface area (Å²) in [6, 6.07) is 0. The molecule has 84 valence electrons. The van der Waals surface area contributed by atoms with Gasteiger partial charge in [0.2, 0.25) is 0 Å². The molecule has 1 fully saturated rings. The maximum Gasteiger partial charge on any atom is 0.0850 e. The zero-order valence-corrected chi connectivity index (χ0v) is 8.69. The van der Waals surface area contributed by atoms with Crippen LogP contribution in [0, 0.1) is 11.8 Å². The molecular formula is C10H20O4. The van der Waals surface area contributed by atoms with Crippen LogP contribution in [0.2, 0.25) is 0 Å². The maximum absolute atomic E-state index is 9.37. The van der Waals surface area contributed by atoms with Crippen molar-refractivity contribution in [3.8, 4) is 0 Å². The number of aliphatic hydroxyl groups is 2. The van der Waals surface area contributed by atoms with Crippen LogP contribution in [0.1, 0.15) is 26.2 Å². The van der Waals surface area contributed by atoms with Gasteiger partial charge in [-0.25, -0.2) is 9.78 Å². The molecule has 2 N–H and O–H groups in total. The summed E-state index contributed by atoms with van der Waals surface area (Å²) in [6.07, 6.45) is 2.04. The first-order valence-electron chi connectivity index (χ1n) is 5.27. The van der Waals surface area contributed by atoms with Gasteiger partial charge in [0.1, 0.15) is 0 Å². The van der Waals surface area contributed by atoms with E-state index in [4.69, 9.17) is 14.9 Å². The summed E-state index contributed by atoms with van der Waals surface area (Å²) in [7, 11) is 0. The molecule has 0 bridgehead atoms. The van der Waals surface area contributed by atoms with Gasteiger partial charge in [-0.15, -0.1) is 0 Å². The summed E-state index contributed by atoms with van der Waals surface area (Å²) in [5.74, 6) is 0.789. The Labute approximate surface area is 84.8 Å². The van der Waals surface area contributed by atoms with Gasteiger partial charge in [-0.05, 0) is 31.1 Å². The first-order chi connectivity index (χ1) is 6.74. The van der Waals surface area contributed by atoms with Crippen LogP contribution in [0.25, 0.3) is 0 Å². The second kappa shape index (κ2) is 6.35. The number of hydrogen-bond acceptors (Lipinski definition) is 4. The molecule has 0 aliphatic carbocycles. The lowest BCUT2D eigenvalue weighted by molar-refractivity contribution is -0.308. The van der Waals surface area contributed by atoms with Crippen LogP contribution in [0.15, 0.2) is 0 Å². The average Bonchev–Trinajstić information content (AvgIpc) is 2.17. The van der Waals surface area contributed by atoms with E-state index >= 15 is 0 Å². The summed E-state index contributed by atoms with van der Waals surface area (Å²) in [5, 5.41) is 18.1. The fraction of sp³-hybridized carbons (Fsp3) is 1.00. The zero-order valence-electron chi connectivity index (χ0n) is 8.69. The Morgan fingerprint density at radius 3 is 2.93 bits per heavy atom. The third kappa shape index (κ3) is 3.92. The number of aliphatic hydroxyl groups excluding tert-OH is 2. The van der Waals surface area contributed by atoms with Crippen LogP contribution in [-0.2, 0) is 9.78 Å². The highest BCUT2D eigenvalue weighted by Gasteiger charge is 2.22. The van der Waals surface area contributed by atoms with Gasteiger partial charge in [-0.2, -0.15) is 0 Å². The number of hydrogen-bond donors (Lipinski definition) is 2. The van der Waals surface area contributed by atoms with Crippen LogP contribution < -0.4 is 0 Å². The Kier molecular flexibility index (Phi) is 5.40.